The number of carbonyl (C=O) groups is 1. The molecule has 1 aromatic rings. The van der Waals surface area contributed by atoms with Crippen molar-refractivity contribution in [3.05, 3.63) is 29.8 Å². The van der Waals surface area contributed by atoms with Gasteiger partial charge in [0.15, 0.2) is 0 Å². The summed E-state index contributed by atoms with van der Waals surface area (Å²) in [5.74, 6) is 0.334. The van der Waals surface area contributed by atoms with Crippen LogP contribution in [0.1, 0.15) is 31.4 Å². The summed E-state index contributed by atoms with van der Waals surface area (Å²) in [6.45, 7) is 1.72. The predicted octanol–water partition coefficient (Wildman–Crippen LogP) is 2.09. The van der Waals surface area contributed by atoms with E-state index < -0.39 is 6.10 Å². The highest BCUT2D eigenvalue weighted by Crippen LogP contribution is 2.30. The van der Waals surface area contributed by atoms with Gasteiger partial charge in [0.2, 0.25) is 5.91 Å². The lowest BCUT2D eigenvalue weighted by atomic mass is 10.1. The lowest BCUT2D eigenvalue weighted by molar-refractivity contribution is -0.117. The van der Waals surface area contributed by atoms with Crippen molar-refractivity contribution in [2.24, 2.45) is 5.92 Å². The number of hydrogen-bond donors (Lipinski definition) is 2. The smallest absolute Gasteiger partial charge is 0.227 e. The molecule has 1 amide bonds. The lowest BCUT2D eigenvalue weighted by Gasteiger charge is -2.07. The van der Waals surface area contributed by atoms with Crippen LogP contribution in [0.2, 0.25) is 0 Å². The molecule has 1 fully saturated rings. The third-order valence-electron chi connectivity index (χ3n) is 2.61. The molecule has 80 valence electrons. The third-order valence-corrected chi connectivity index (χ3v) is 2.61. The van der Waals surface area contributed by atoms with Crippen LogP contribution in [0.4, 0.5) is 5.69 Å². The Hall–Kier alpha value is -1.35. The molecule has 2 rings (SSSR count). The van der Waals surface area contributed by atoms with Gasteiger partial charge in [-0.1, -0.05) is 12.1 Å². The maximum absolute atomic E-state index is 11.4. The van der Waals surface area contributed by atoms with Gasteiger partial charge in [-0.3, -0.25) is 4.79 Å². The summed E-state index contributed by atoms with van der Waals surface area (Å²) in [7, 11) is 0. The highest BCUT2D eigenvalue weighted by Gasteiger charge is 2.29. The number of anilines is 1. The second-order valence-electron chi connectivity index (χ2n) is 4.06. The Morgan fingerprint density at radius 2 is 2.00 bits per heavy atom. The van der Waals surface area contributed by atoms with Crippen molar-refractivity contribution in [2.75, 3.05) is 5.32 Å². The average molecular weight is 205 g/mol. The van der Waals surface area contributed by atoms with Crippen LogP contribution in [0, 0.1) is 5.92 Å². The van der Waals surface area contributed by atoms with E-state index in [1.165, 1.54) is 0 Å². The summed E-state index contributed by atoms with van der Waals surface area (Å²) in [5.41, 5.74) is 1.66. The minimum absolute atomic E-state index is 0.111. The zero-order valence-corrected chi connectivity index (χ0v) is 8.73. The maximum atomic E-state index is 11.4. The molecule has 0 heterocycles. The summed E-state index contributed by atoms with van der Waals surface area (Å²) >= 11 is 0. The standard InChI is InChI=1S/C12H15NO2/c1-8(14)9-4-6-11(7-5-9)13-12(15)10-2-3-10/h4-8,10,14H,2-3H2,1H3,(H,13,15). The fraction of sp³-hybridized carbons (Fsp3) is 0.417. The molecule has 3 nitrogen and oxygen atoms in total. The van der Waals surface area contributed by atoms with Crippen molar-refractivity contribution in [3.8, 4) is 0 Å². The molecule has 15 heavy (non-hydrogen) atoms. The van der Waals surface area contributed by atoms with Crippen LogP contribution >= 0.6 is 0 Å². The molecule has 0 saturated heterocycles. The number of aliphatic hydroxyl groups excluding tert-OH is 1. The molecule has 1 aliphatic carbocycles. The van der Waals surface area contributed by atoms with Crippen molar-refractivity contribution in [2.45, 2.75) is 25.9 Å². The Morgan fingerprint density at radius 1 is 1.40 bits per heavy atom. The second-order valence-corrected chi connectivity index (χ2v) is 4.06. The van der Waals surface area contributed by atoms with Crippen LogP contribution in [0.5, 0.6) is 0 Å². The third kappa shape index (κ3) is 2.57. The van der Waals surface area contributed by atoms with Gasteiger partial charge in [-0.05, 0) is 37.5 Å². The zero-order valence-electron chi connectivity index (χ0n) is 8.73. The van der Waals surface area contributed by atoms with E-state index in [-0.39, 0.29) is 11.8 Å². The molecule has 0 bridgehead atoms. The first-order valence-corrected chi connectivity index (χ1v) is 5.25. The SMILES string of the molecule is CC(O)c1ccc(NC(=O)C2CC2)cc1. The average Bonchev–Trinajstić information content (AvgIpc) is 3.01. The van der Waals surface area contributed by atoms with E-state index in [2.05, 4.69) is 5.32 Å². The molecule has 1 unspecified atom stereocenters. The topological polar surface area (TPSA) is 49.3 Å². The minimum atomic E-state index is -0.460. The summed E-state index contributed by atoms with van der Waals surface area (Å²) in [6, 6.07) is 7.30. The molecular weight excluding hydrogens is 190 g/mol. The van der Waals surface area contributed by atoms with E-state index in [9.17, 15) is 9.90 Å². The van der Waals surface area contributed by atoms with Gasteiger partial charge in [-0.2, -0.15) is 0 Å². The molecule has 0 aromatic heterocycles. The number of carbonyl (C=O) groups excluding carboxylic acids is 1. The Balaban J connectivity index is 2.00. The second kappa shape index (κ2) is 4.03. The molecule has 1 atom stereocenters. The van der Waals surface area contributed by atoms with E-state index in [0.717, 1.165) is 24.1 Å². The van der Waals surface area contributed by atoms with Crippen LogP contribution in [0.25, 0.3) is 0 Å². The summed E-state index contributed by atoms with van der Waals surface area (Å²) in [4.78, 5) is 11.4. The fourth-order valence-electron chi connectivity index (χ4n) is 1.43. The fourth-order valence-corrected chi connectivity index (χ4v) is 1.43. The van der Waals surface area contributed by atoms with Crippen LogP contribution < -0.4 is 5.32 Å². The molecule has 0 radical (unpaired) electrons. The van der Waals surface area contributed by atoms with Crippen LogP contribution in [0.3, 0.4) is 0 Å². The predicted molar refractivity (Wildman–Crippen MR) is 58.4 cm³/mol. The number of hydrogen-bond acceptors (Lipinski definition) is 2. The number of rotatable bonds is 3. The normalized spacial score (nSPS) is 17.2. The van der Waals surface area contributed by atoms with Crippen molar-refractivity contribution in [1.29, 1.82) is 0 Å². The van der Waals surface area contributed by atoms with Gasteiger partial charge in [-0.15, -0.1) is 0 Å². The number of aliphatic hydroxyl groups is 1. The first-order valence-electron chi connectivity index (χ1n) is 5.25. The van der Waals surface area contributed by atoms with Crippen molar-refractivity contribution in [3.63, 3.8) is 0 Å². The van der Waals surface area contributed by atoms with Crippen LogP contribution in [0.15, 0.2) is 24.3 Å². The van der Waals surface area contributed by atoms with Gasteiger partial charge in [0, 0.05) is 11.6 Å². The Labute approximate surface area is 89.1 Å². The summed E-state index contributed by atoms with van der Waals surface area (Å²) in [6.07, 6.45) is 1.56. The molecule has 1 saturated carbocycles. The van der Waals surface area contributed by atoms with Crippen LogP contribution in [-0.4, -0.2) is 11.0 Å². The molecule has 2 N–H and O–H groups in total. The number of benzene rings is 1. The van der Waals surface area contributed by atoms with Crippen molar-refractivity contribution < 1.29 is 9.90 Å². The Morgan fingerprint density at radius 3 is 2.47 bits per heavy atom. The van der Waals surface area contributed by atoms with Gasteiger partial charge in [-0.25, -0.2) is 0 Å². The highest BCUT2D eigenvalue weighted by molar-refractivity contribution is 5.93. The van der Waals surface area contributed by atoms with Crippen molar-refractivity contribution >= 4 is 11.6 Å². The van der Waals surface area contributed by atoms with E-state index in [1.807, 2.05) is 24.3 Å². The van der Waals surface area contributed by atoms with E-state index in [4.69, 9.17) is 0 Å². The molecule has 3 heteroatoms. The number of amides is 1. The van der Waals surface area contributed by atoms with Gasteiger partial charge in [0.25, 0.3) is 0 Å². The molecule has 0 aliphatic heterocycles. The van der Waals surface area contributed by atoms with Crippen LogP contribution in [-0.2, 0) is 4.79 Å². The Bertz CT molecular complexity index is 352. The zero-order chi connectivity index (χ0) is 10.8. The van der Waals surface area contributed by atoms with Gasteiger partial charge >= 0.3 is 0 Å². The van der Waals surface area contributed by atoms with E-state index in [0.29, 0.717) is 0 Å². The molecule has 1 aromatic carbocycles. The summed E-state index contributed by atoms with van der Waals surface area (Å²) < 4.78 is 0. The Kier molecular flexibility index (Phi) is 2.73. The van der Waals surface area contributed by atoms with Gasteiger partial charge in [0.1, 0.15) is 0 Å². The minimum Gasteiger partial charge on any atom is -0.389 e. The summed E-state index contributed by atoms with van der Waals surface area (Å²) in [5, 5.41) is 12.2. The largest absolute Gasteiger partial charge is 0.389 e. The van der Waals surface area contributed by atoms with Crippen molar-refractivity contribution in [1.82, 2.24) is 0 Å². The quantitative estimate of drug-likeness (QED) is 0.793. The molecule has 0 spiro atoms. The van der Waals surface area contributed by atoms with Gasteiger partial charge in [0.05, 0.1) is 6.10 Å². The van der Waals surface area contributed by atoms with E-state index >= 15 is 0 Å². The first kappa shape index (κ1) is 10.2. The lowest BCUT2D eigenvalue weighted by Crippen LogP contribution is -2.13. The molecular formula is C12H15NO2. The van der Waals surface area contributed by atoms with E-state index in [1.54, 1.807) is 6.92 Å². The monoisotopic (exact) mass is 205 g/mol. The molecule has 1 aliphatic rings. The number of nitrogens with one attached hydrogen (secondary N) is 1. The van der Waals surface area contributed by atoms with Gasteiger partial charge < -0.3 is 10.4 Å². The first-order chi connectivity index (χ1) is 7.16. The maximum Gasteiger partial charge on any atom is 0.227 e. The highest BCUT2D eigenvalue weighted by atomic mass is 16.3.